The summed E-state index contributed by atoms with van der Waals surface area (Å²) in [5, 5.41) is 22.6. The third-order valence-electron chi connectivity index (χ3n) is 8.47. The summed E-state index contributed by atoms with van der Waals surface area (Å²) in [6, 6.07) is 38.6. The monoisotopic (exact) mass is 556 g/mol. The van der Waals surface area contributed by atoms with E-state index in [0.29, 0.717) is 25.4 Å². The van der Waals surface area contributed by atoms with Crippen molar-refractivity contribution in [1.82, 2.24) is 9.88 Å². The molecule has 4 heteroatoms. The van der Waals surface area contributed by atoms with Crippen LogP contribution in [0.15, 0.2) is 121 Å². The molecule has 0 unspecified atom stereocenters. The summed E-state index contributed by atoms with van der Waals surface area (Å²) in [5.74, 6) is 0.567. The van der Waals surface area contributed by atoms with Gasteiger partial charge in [-0.15, -0.1) is 0 Å². The topological polar surface area (TPSA) is 56.6 Å². The quantitative estimate of drug-likeness (QED) is 0.182. The van der Waals surface area contributed by atoms with Crippen LogP contribution in [0.5, 0.6) is 11.5 Å². The molecule has 4 nitrogen and oxygen atoms in total. The summed E-state index contributed by atoms with van der Waals surface area (Å²) in [7, 11) is 0. The van der Waals surface area contributed by atoms with Crippen LogP contribution in [0.1, 0.15) is 66.8 Å². The molecule has 0 atom stereocenters. The zero-order chi connectivity index (χ0) is 29.7. The molecule has 0 fully saturated rings. The van der Waals surface area contributed by atoms with E-state index in [1.807, 2.05) is 60.7 Å². The Morgan fingerprint density at radius 3 is 1.76 bits per heavy atom. The van der Waals surface area contributed by atoms with Gasteiger partial charge < -0.3 is 10.2 Å². The number of phenols is 2. The molecule has 1 aromatic heterocycles. The average molecular weight is 557 g/mol. The van der Waals surface area contributed by atoms with Crippen molar-refractivity contribution in [3.05, 3.63) is 161 Å². The highest BCUT2D eigenvalue weighted by atomic mass is 16.3. The number of pyridine rings is 1. The number of benzene rings is 4. The van der Waals surface area contributed by atoms with Crippen molar-refractivity contribution in [1.29, 1.82) is 0 Å². The first kappa shape index (κ1) is 29.1. The standard InChI is InChI=1S/C38H40N2O2/c1-37(2,30-16-7-5-8-17-30)32-23-29(36(42)34(24-32)38(3,4)31-18-9-6-10-19-31)26-40(27-33-20-13-14-22-39-33)25-28-15-11-12-21-35(28)41/h5-24,41-42H,25-27H2,1-4H3. The maximum atomic E-state index is 12.0. The molecule has 214 valence electrons. The molecule has 0 amide bonds. The molecule has 42 heavy (non-hydrogen) atoms. The molecule has 0 aliphatic carbocycles. The van der Waals surface area contributed by atoms with Gasteiger partial charge in [0.1, 0.15) is 11.5 Å². The van der Waals surface area contributed by atoms with Crippen LogP contribution in [-0.4, -0.2) is 20.1 Å². The van der Waals surface area contributed by atoms with Gasteiger partial charge in [0.25, 0.3) is 0 Å². The second-order valence-corrected chi connectivity index (χ2v) is 12.1. The molecule has 2 N–H and O–H groups in total. The Bertz CT molecular complexity index is 1610. The third kappa shape index (κ3) is 6.24. The van der Waals surface area contributed by atoms with E-state index in [9.17, 15) is 10.2 Å². The summed E-state index contributed by atoms with van der Waals surface area (Å²) in [5.41, 5.74) is 6.26. The zero-order valence-corrected chi connectivity index (χ0v) is 25.0. The van der Waals surface area contributed by atoms with Crippen molar-refractivity contribution in [3.63, 3.8) is 0 Å². The largest absolute Gasteiger partial charge is 0.508 e. The third-order valence-corrected chi connectivity index (χ3v) is 8.47. The lowest BCUT2D eigenvalue weighted by atomic mass is 9.72. The fourth-order valence-corrected chi connectivity index (χ4v) is 5.70. The van der Waals surface area contributed by atoms with Crippen molar-refractivity contribution < 1.29 is 10.2 Å². The zero-order valence-electron chi connectivity index (χ0n) is 25.0. The van der Waals surface area contributed by atoms with Crippen molar-refractivity contribution in [2.24, 2.45) is 0 Å². The first-order valence-corrected chi connectivity index (χ1v) is 14.5. The Kier molecular flexibility index (Phi) is 8.46. The summed E-state index contributed by atoms with van der Waals surface area (Å²) in [4.78, 5) is 6.80. The van der Waals surface area contributed by atoms with Gasteiger partial charge in [0.05, 0.1) is 5.69 Å². The van der Waals surface area contributed by atoms with Crippen molar-refractivity contribution in [3.8, 4) is 11.5 Å². The number of hydrogen-bond donors (Lipinski definition) is 2. The van der Waals surface area contributed by atoms with Crippen molar-refractivity contribution in [2.45, 2.75) is 58.2 Å². The molecule has 5 rings (SSSR count). The van der Waals surface area contributed by atoms with E-state index in [2.05, 4.69) is 86.1 Å². The van der Waals surface area contributed by atoms with Gasteiger partial charge >= 0.3 is 0 Å². The van der Waals surface area contributed by atoms with Crippen molar-refractivity contribution >= 4 is 0 Å². The Labute approximate surface area is 250 Å². The second kappa shape index (κ2) is 12.2. The number of aromatic hydroxyl groups is 2. The highest BCUT2D eigenvalue weighted by Gasteiger charge is 2.32. The molecule has 0 radical (unpaired) electrons. The molecule has 4 aromatic carbocycles. The molecule has 0 aliphatic rings. The number of nitrogens with zero attached hydrogens (tertiary/aromatic N) is 2. The van der Waals surface area contributed by atoms with Gasteiger partial charge in [-0.2, -0.15) is 0 Å². The minimum absolute atomic E-state index is 0.262. The number of phenolic OH excluding ortho intramolecular Hbond substituents is 2. The van der Waals surface area contributed by atoms with E-state index in [0.717, 1.165) is 33.5 Å². The number of para-hydroxylation sites is 1. The van der Waals surface area contributed by atoms with Gasteiger partial charge in [-0.3, -0.25) is 9.88 Å². The van der Waals surface area contributed by atoms with E-state index in [1.54, 1.807) is 12.3 Å². The van der Waals surface area contributed by atoms with Crippen LogP contribution in [-0.2, 0) is 30.5 Å². The molecular weight excluding hydrogens is 516 g/mol. The summed E-state index contributed by atoms with van der Waals surface area (Å²) >= 11 is 0. The molecule has 0 aliphatic heterocycles. The van der Waals surface area contributed by atoms with Crippen LogP contribution in [0.25, 0.3) is 0 Å². The minimum Gasteiger partial charge on any atom is -0.508 e. The lowest BCUT2D eigenvalue weighted by Crippen LogP contribution is -2.26. The lowest BCUT2D eigenvalue weighted by molar-refractivity contribution is 0.237. The molecule has 0 saturated heterocycles. The van der Waals surface area contributed by atoms with Crippen LogP contribution < -0.4 is 0 Å². The van der Waals surface area contributed by atoms with Crippen LogP contribution in [0.2, 0.25) is 0 Å². The summed E-state index contributed by atoms with van der Waals surface area (Å²) < 4.78 is 0. The highest BCUT2D eigenvalue weighted by molar-refractivity contribution is 5.54. The second-order valence-electron chi connectivity index (χ2n) is 12.1. The van der Waals surface area contributed by atoms with Gasteiger partial charge in [-0.05, 0) is 41.0 Å². The first-order valence-electron chi connectivity index (χ1n) is 14.5. The molecular formula is C38H40N2O2. The SMILES string of the molecule is CC(C)(c1ccccc1)c1cc(CN(Cc2ccccn2)Cc2ccccc2O)c(O)c(C(C)(C)c2ccccc2)c1. The molecule has 5 aromatic rings. The van der Waals surface area contributed by atoms with Crippen LogP contribution in [0, 0.1) is 0 Å². The predicted molar refractivity (Wildman–Crippen MR) is 171 cm³/mol. The highest BCUT2D eigenvalue weighted by Crippen LogP contribution is 2.43. The van der Waals surface area contributed by atoms with E-state index >= 15 is 0 Å². The summed E-state index contributed by atoms with van der Waals surface area (Å²) in [6.07, 6.45) is 1.80. The van der Waals surface area contributed by atoms with Gasteiger partial charge in [-0.25, -0.2) is 0 Å². The number of aromatic nitrogens is 1. The minimum atomic E-state index is -0.438. The van der Waals surface area contributed by atoms with Gasteiger partial charge in [0.2, 0.25) is 0 Å². The van der Waals surface area contributed by atoms with Crippen LogP contribution >= 0.6 is 0 Å². The van der Waals surface area contributed by atoms with E-state index in [4.69, 9.17) is 0 Å². The normalized spacial score (nSPS) is 12.0. The fraction of sp³-hybridized carbons (Fsp3) is 0.237. The summed E-state index contributed by atoms with van der Waals surface area (Å²) in [6.45, 7) is 10.4. The average Bonchev–Trinajstić information content (AvgIpc) is 3.00. The van der Waals surface area contributed by atoms with E-state index in [1.165, 1.54) is 5.56 Å². The predicted octanol–water partition coefficient (Wildman–Crippen LogP) is 8.35. The van der Waals surface area contributed by atoms with Crippen LogP contribution in [0.4, 0.5) is 0 Å². The maximum absolute atomic E-state index is 12.0. The number of hydrogen-bond acceptors (Lipinski definition) is 4. The fourth-order valence-electron chi connectivity index (χ4n) is 5.70. The van der Waals surface area contributed by atoms with Crippen LogP contribution in [0.3, 0.4) is 0 Å². The Hall–Kier alpha value is -4.41. The first-order chi connectivity index (χ1) is 20.2. The molecule has 0 bridgehead atoms. The van der Waals surface area contributed by atoms with Crippen molar-refractivity contribution in [2.75, 3.05) is 0 Å². The maximum Gasteiger partial charge on any atom is 0.124 e. The Morgan fingerprint density at radius 1 is 0.571 bits per heavy atom. The van der Waals surface area contributed by atoms with E-state index < -0.39 is 5.41 Å². The molecule has 0 saturated carbocycles. The molecule has 0 spiro atoms. The number of rotatable bonds is 10. The Morgan fingerprint density at radius 2 is 1.14 bits per heavy atom. The van der Waals surface area contributed by atoms with E-state index in [-0.39, 0.29) is 11.2 Å². The van der Waals surface area contributed by atoms with Gasteiger partial charge in [0.15, 0.2) is 0 Å². The lowest BCUT2D eigenvalue weighted by Gasteiger charge is -2.33. The van der Waals surface area contributed by atoms with Gasteiger partial charge in [0, 0.05) is 53.4 Å². The smallest absolute Gasteiger partial charge is 0.124 e. The molecule has 1 heterocycles. The van der Waals surface area contributed by atoms with Gasteiger partial charge in [-0.1, -0.05) is 119 Å². The Balaban J connectivity index is 1.63.